The van der Waals surface area contributed by atoms with Gasteiger partial charge in [0.25, 0.3) is 0 Å². The Hall–Kier alpha value is -3.80. The number of nitrogens with one attached hydrogen (secondary N) is 1. The van der Waals surface area contributed by atoms with Crippen LogP contribution in [0.4, 0.5) is 0 Å². The van der Waals surface area contributed by atoms with E-state index < -0.39 is 47.5 Å². The minimum Gasteiger partial charge on any atom is -0.871 e. The van der Waals surface area contributed by atoms with Crippen molar-refractivity contribution in [2.75, 3.05) is 19.6 Å². The van der Waals surface area contributed by atoms with Gasteiger partial charge in [-0.2, -0.15) is 16.8 Å². The average Bonchev–Trinajstić information content (AvgIpc) is 2.93. The van der Waals surface area contributed by atoms with Gasteiger partial charge >= 0.3 is 20.2 Å². The number of fused-ring (bicyclic) bond motifs is 2. The fourth-order valence-corrected chi connectivity index (χ4v) is 7.45. The topological polar surface area (TPSA) is 134 Å². The molecule has 3 aromatic carbocycles. The fraction of sp³-hybridized carbons (Fsp3) is 0.241. The van der Waals surface area contributed by atoms with Crippen molar-refractivity contribution in [1.82, 2.24) is 0 Å². The van der Waals surface area contributed by atoms with E-state index in [0.29, 0.717) is 0 Å². The van der Waals surface area contributed by atoms with Crippen LogP contribution in [-0.2, 0) is 20.2 Å². The molecule has 0 aliphatic carbocycles. The number of allylic oxidation sites excluding steroid dienone is 2. The summed E-state index contributed by atoms with van der Waals surface area (Å²) in [6, 6.07) is 19.3. The van der Waals surface area contributed by atoms with Crippen molar-refractivity contribution in [3.63, 3.8) is 0 Å². The molecule has 0 saturated heterocycles. The largest absolute Gasteiger partial charge is 0.871 e. The van der Waals surface area contributed by atoms with Crippen molar-refractivity contribution in [2.45, 2.75) is 26.7 Å². The lowest BCUT2D eigenvalue weighted by atomic mass is 9.93. The second-order valence-electron chi connectivity index (χ2n) is 9.13. The molecule has 0 saturated carbocycles. The summed E-state index contributed by atoms with van der Waals surface area (Å²) in [7, 11) is -9.43. The van der Waals surface area contributed by atoms with E-state index >= 15 is 0 Å². The van der Waals surface area contributed by atoms with Crippen molar-refractivity contribution in [3.8, 4) is 11.5 Å². The summed E-state index contributed by atoms with van der Waals surface area (Å²) < 4.78 is 63.0. The summed E-state index contributed by atoms with van der Waals surface area (Å²) in [5.74, 6) is -3.63. The molecule has 2 aliphatic rings. The van der Waals surface area contributed by atoms with Crippen LogP contribution in [0.15, 0.2) is 88.7 Å². The van der Waals surface area contributed by atoms with Gasteiger partial charge in [-0.3, -0.25) is 0 Å². The fourth-order valence-electron chi connectivity index (χ4n) is 4.66. The Morgan fingerprint density at radius 2 is 1.15 bits per heavy atom. The maximum Gasteiger partial charge on any atom is 0.340 e. The number of quaternary nitrogens is 1. The van der Waals surface area contributed by atoms with Gasteiger partial charge in [0.2, 0.25) is 0 Å². The van der Waals surface area contributed by atoms with E-state index in [9.17, 15) is 27.0 Å². The van der Waals surface area contributed by atoms with Gasteiger partial charge in [-0.15, -0.1) is 0 Å². The highest BCUT2D eigenvalue weighted by Crippen LogP contribution is 2.49. The van der Waals surface area contributed by atoms with E-state index in [1.807, 2.05) is 0 Å². The predicted octanol–water partition coefficient (Wildman–Crippen LogP) is 2.80. The molecule has 212 valence electrons. The van der Waals surface area contributed by atoms with Crippen molar-refractivity contribution in [3.05, 3.63) is 105 Å². The van der Waals surface area contributed by atoms with Gasteiger partial charge in [-0.25, -0.2) is 0 Å². The van der Waals surface area contributed by atoms with E-state index in [2.05, 4.69) is 20.8 Å². The van der Waals surface area contributed by atoms with Gasteiger partial charge < -0.3 is 23.5 Å². The second kappa shape index (κ2) is 11.7. The number of rotatable bonds is 6. The van der Waals surface area contributed by atoms with E-state index in [1.54, 1.807) is 29.2 Å². The number of hydrogen-bond acceptors (Lipinski definition) is 8. The monoisotopic (exact) mass is 585 g/mol. The standard InChI is InChI=1S/C23H16O8S2.C6H15N/c24-20-15-10-4-6-12-17(15)30-32(26,27)22(20)19(14-8-2-1-3-9-14)23-21(25)16-11-5-7-13-18(16)31-33(23,28)29;1-4-7(5-2)6-3/h1-13,19,24-25H;4-6H2,1-3H3. The summed E-state index contributed by atoms with van der Waals surface area (Å²) >= 11 is 0. The number of para-hydroxylation sites is 2. The molecule has 0 spiro atoms. The van der Waals surface area contributed by atoms with Gasteiger partial charge in [-0.05, 0) is 44.5 Å². The van der Waals surface area contributed by atoms with Gasteiger partial charge in [0.05, 0.1) is 36.0 Å². The normalized spacial score (nSPS) is 17.5. The Kier molecular flexibility index (Phi) is 8.57. The molecule has 0 unspecified atom stereocenters. The van der Waals surface area contributed by atoms with Crippen LogP contribution >= 0.6 is 0 Å². The van der Waals surface area contributed by atoms with Gasteiger partial charge in [0, 0.05) is 5.56 Å². The SMILES string of the molecule is CC[NH+](CC)CC.O=S1(=O)Oc2ccccc2C([O-])=C1[C@H](C1=C(O)c2ccccc2OS1(=O)=O)c1ccccc1. The first-order chi connectivity index (χ1) is 19.1. The molecule has 9 nitrogen and oxygen atoms in total. The number of hydrogen-bond donors (Lipinski definition) is 2. The Bertz CT molecular complexity index is 1550. The number of benzene rings is 3. The van der Waals surface area contributed by atoms with E-state index in [1.165, 1.54) is 74.2 Å². The molecule has 2 heterocycles. The molecule has 0 amide bonds. The van der Waals surface area contributed by atoms with Crippen molar-refractivity contribution in [2.24, 2.45) is 0 Å². The van der Waals surface area contributed by atoms with Crippen molar-refractivity contribution >= 4 is 31.8 Å². The third-order valence-electron chi connectivity index (χ3n) is 6.83. The molecule has 3 aromatic rings. The first-order valence-electron chi connectivity index (χ1n) is 12.9. The van der Waals surface area contributed by atoms with E-state index in [-0.39, 0.29) is 28.2 Å². The quantitative estimate of drug-likeness (QED) is 0.422. The zero-order valence-electron chi connectivity index (χ0n) is 22.3. The molecule has 0 aromatic heterocycles. The van der Waals surface area contributed by atoms with Crippen molar-refractivity contribution in [1.29, 1.82) is 0 Å². The lowest BCUT2D eigenvalue weighted by Crippen LogP contribution is -3.11. The summed E-state index contributed by atoms with van der Waals surface area (Å²) in [5, 5.41) is 24.4. The molecule has 2 N–H and O–H groups in total. The van der Waals surface area contributed by atoms with Crippen LogP contribution in [0.25, 0.3) is 11.5 Å². The summed E-state index contributed by atoms with van der Waals surface area (Å²) in [6.07, 6.45) is 0. The first kappa shape index (κ1) is 29.2. The van der Waals surface area contributed by atoms with E-state index in [4.69, 9.17) is 8.37 Å². The number of aliphatic hydroxyl groups excluding tert-OH is 1. The highest BCUT2D eigenvalue weighted by molar-refractivity contribution is 7.92. The van der Waals surface area contributed by atoms with Gasteiger partial charge in [0.15, 0.2) is 5.75 Å². The van der Waals surface area contributed by atoms with Crippen LogP contribution in [-0.4, -0.2) is 41.6 Å². The molecule has 0 fully saturated rings. The van der Waals surface area contributed by atoms with Crippen molar-refractivity contribution < 1.29 is 40.3 Å². The second-order valence-corrected chi connectivity index (χ2v) is 12.2. The Balaban J connectivity index is 0.000000470. The first-order valence-corrected chi connectivity index (χ1v) is 15.7. The van der Waals surface area contributed by atoms with Crippen LogP contribution in [0.5, 0.6) is 11.5 Å². The van der Waals surface area contributed by atoms with Crippen LogP contribution in [0, 0.1) is 0 Å². The average molecular weight is 586 g/mol. The Labute approximate surface area is 234 Å². The maximum absolute atomic E-state index is 13.4. The van der Waals surface area contributed by atoms with E-state index in [0.717, 1.165) is 0 Å². The highest BCUT2D eigenvalue weighted by Gasteiger charge is 2.45. The molecular weight excluding hydrogens is 554 g/mol. The minimum absolute atomic E-state index is 0.0436. The lowest BCUT2D eigenvalue weighted by molar-refractivity contribution is -0.894. The molecular formula is C29H31NO8S2. The minimum atomic E-state index is -4.73. The smallest absolute Gasteiger partial charge is 0.340 e. The summed E-state index contributed by atoms with van der Waals surface area (Å²) in [4.78, 5) is 0.0859. The lowest BCUT2D eigenvalue weighted by Gasteiger charge is -2.33. The molecule has 2 aliphatic heterocycles. The van der Waals surface area contributed by atoms with Gasteiger partial charge in [0.1, 0.15) is 16.4 Å². The molecule has 0 bridgehead atoms. The summed E-state index contributed by atoms with van der Waals surface area (Å²) in [6.45, 7) is 10.5. The zero-order valence-corrected chi connectivity index (χ0v) is 24.0. The maximum atomic E-state index is 13.4. The summed E-state index contributed by atoms with van der Waals surface area (Å²) in [5.41, 5.74) is 0.143. The predicted molar refractivity (Wildman–Crippen MR) is 150 cm³/mol. The third-order valence-corrected chi connectivity index (χ3v) is 9.55. The van der Waals surface area contributed by atoms with Crippen LogP contribution in [0.3, 0.4) is 0 Å². The van der Waals surface area contributed by atoms with Crippen LogP contribution in [0.1, 0.15) is 43.4 Å². The molecule has 0 radical (unpaired) electrons. The molecule has 5 rings (SSSR count). The van der Waals surface area contributed by atoms with Crippen LogP contribution < -0.4 is 18.4 Å². The third kappa shape index (κ3) is 5.58. The molecule has 40 heavy (non-hydrogen) atoms. The molecule has 1 atom stereocenters. The zero-order chi connectivity index (χ0) is 29.1. The Morgan fingerprint density at radius 3 is 1.68 bits per heavy atom. The Morgan fingerprint density at radius 1 is 0.700 bits per heavy atom. The molecule has 11 heteroatoms. The van der Waals surface area contributed by atoms with Gasteiger partial charge in [-0.1, -0.05) is 66.4 Å². The number of aliphatic hydroxyl groups is 1. The van der Waals surface area contributed by atoms with Crippen LogP contribution in [0.2, 0.25) is 0 Å². The highest BCUT2D eigenvalue weighted by atomic mass is 32.2.